The van der Waals surface area contributed by atoms with Crippen molar-refractivity contribution >= 4 is 23.2 Å². The standard InChI is InChI=1S/C21H24N2O2/c1-15-7-13-19(14-8-15)23-21(25)17-11-9-16(10-12-17)20(24)22-18-5-3-2-4-6-18/h2-8,13-14,16-17H,9-12H2,1H3,(H,22,24)(H,23,25). The molecule has 0 saturated heterocycles. The summed E-state index contributed by atoms with van der Waals surface area (Å²) < 4.78 is 0. The Hall–Kier alpha value is -2.62. The minimum atomic E-state index is -0.0120. The molecule has 1 aliphatic rings. The lowest BCUT2D eigenvalue weighted by Gasteiger charge is -2.27. The van der Waals surface area contributed by atoms with Gasteiger partial charge in [-0.3, -0.25) is 9.59 Å². The Morgan fingerprint density at radius 2 is 1.16 bits per heavy atom. The third-order valence-electron chi connectivity index (χ3n) is 4.83. The molecule has 1 saturated carbocycles. The van der Waals surface area contributed by atoms with Crippen LogP contribution >= 0.6 is 0 Å². The van der Waals surface area contributed by atoms with E-state index in [1.807, 2.05) is 61.5 Å². The fourth-order valence-corrected chi connectivity index (χ4v) is 3.26. The normalized spacial score (nSPS) is 19.9. The van der Waals surface area contributed by atoms with Gasteiger partial charge in [-0.25, -0.2) is 0 Å². The van der Waals surface area contributed by atoms with Crippen molar-refractivity contribution < 1.29 is 9.59 Å². The number of nitrogens with one attached hydrogen (secondary N) is 2. The van der Waals surface area contributed by atoms with Gasteiger partial charge in [-0.1, -0.05) is 35.9 Å². The van der Waals surface area contributed by atoms with E-state index in [4.69, 9.17) is 0 Å². The molecule has 0 aromatic heterocycles. The van der Waals surface area contributed by atoms with Gasteiger partial charge in [0.1, 0.15) is 0 Å². The number of carbonyl (C=O) groups excluding carboxylic acids is 2. The molecule has 0 heterocycles. The van der Waals surface area contributed by atoms with E-state index in [0.29, 0.717) is 0 Å². The lowest BCUT2D eigenvalue weighted by molar-refractivity contribution is -0.125. The van der Waals surface area contributed by atoms with Gasteiger partial charge in [0.15, 0.2) is 0 Å². The van der Waals surface area contributed by atoms with Crippen LogP contribution in [-0.2, 0) is 9.59 Å². The summed E-state index contributed by atoms with van der Waals surface area (Å²) in [5.74, 6) is 0.0973. The van der Waals surface area contributed by atoms with E-state index in [2.05, 4.69) is 10.6 Å². The first-order chi connectivity index (χ1) is 12.1. The number of amides is 2. The SMILES string of the molecule is Cc1ccc(NC(=O)C2CCC(C(=O)Nc3ccccc3)CC2)cc1. The van der Waals surface area contributed by atoms with Crippen molar-refractivity contribution in [1.82, 2.24) is 0 Å². The predicted molar refractivity (Wildman–Crippen MR) is 100 cm³/mol. The molecule has 1 fully saturated rings. The third-order valence-corrected chi connectivity index (χ3v) is 4.83. The highest BCUT2D eigenvalue weighted by Gasteiger charge is 2.30. The van der Waals surface area contributed by atoms with Crippen molar-refractivity contribution in [1.29, 1.82) is 0 Å². The number of aryl methyl sites for hydroxylation is 1. The Kier molecular flexibility index (Phi) is 5.49. The number of benzene rings is 2. The molecule has 3 rings (SSSR count). The Labute approximate surface area is 148 Å². The molecule has 25 heavy (non-hydrogen) atoms. The highest BCUT2D eigenvalue weighted by molar-refractivity contribution is 5.94. The lowest BCUT2D eigenvalue weighted by Crippen LogP contribution is -2.31. The van der Waals surface area contributed by atoms with E-state index in [1.54, 1.807) is 0 Å². The third kappa shape index (κ3) is 4.69. The lowest BCUT2D eigenvalue weighted by atomic mass is 9.81. The molecule has 2 aromatic rings. The second-order valence-electron chi connectivity index (χ2n) is 6.76. The van der Waals surface area contributed by atoms with Gasteiger partial charge in [0.05, 0.1) is 0 Å². The van der Waals surface area contributed by atoms with E-state index in [9.17, 15) is 9.59 Å². The Morgan fingerprint density at radius 3 is 1.64 bits per heavy atom. The zero-order valence-corrected chi connectivity index (χ0v) is 14.5. The summed E-state index contributed by atoms with van der Waals surface area (Å²) in [5, 5.41) is 5.94. The van der Waals surface area contributed by atoms with Crippen molar-refractivity contribution in [3.8, 4) is 0 Å². The van der Waals surface area contributed by atoms with Crippen molar-refractivity contribution in [3.05, 3.63) is 60.2 Å². The Morgan fingerprint density at radius 1 is 0.720 bits per heavy atom. The molecule has 0 bridgehead atoms. The maximum Gasteiger partial charge on any atom is 0.227 e. The molecule has 4 heteroatoms. The first-order valence-electron chi connectivity index (χ1n) is 8.85. The summed E-state index contributed by atoms with van der Waals surface area (Å²) in [6, 6.07) is 17.3. The molecule has 0 spiro atoms. The minimum Gasteiger partial charge on any atom is -0.326 e. The van der Waals surface area contributed by atoms with Crippen LogP contribution < -0.4 is 10.6 Å². The number of hydrogen-bond acceptors (Lipinski definition) is 2. The van der Waals surface area contributed by atoms with Crippen LogP contribution in [0.25, 0.3) is 0 Å². The summed E-state index contributed by atoms with van der Waals surface area (Å²) in [6.07, 6.45) is 3.02. The maximum absolute atomic E-state index is 12.4. The molecule has 0 unspecified atom stereocenters. The molecule has 2 N–H and O–H groups in total. The first-order valence-corrected chi connectivity index (χ1v) is 8.85. The molecule has 130 valence electrons. The Balaban J connectivity index is 1.48. The van der Waals surface area contributed by atoms with Crippen LogP contribution in [0.1, 0.15) is 31.2 Å². The number of anilines is 2. The summed E-state index contributed by atoms with van der Waals surface area (Å²) in [4.78, 5) is 24.8. The molecular formula is C21H24N2O2. The van der Waals surface area contributed by atoms with E-state index in [0.717, 1.165) is 37.1 Å². The van der Waals surface area contributed by atoms with E-state index < -0.39 is 0 Å². The predicted octanol–water partition coefficient (Wildman–Crippen LogP) is 4.38. The number of para-hydroxylation sites is 1. The van der Waals surface area contributed by atoms with Gasteiger partial charge in [-0.15, -0.1) is 0 Å². The van der Waals surface area contributed by atoms with Gasteiger partial charge in [-0.05, 0) is 56.9 Å². The molecular weight excluding hydrogens is 312 g/mol. The zero-order chi connectivity index (χ0) is 17.6. The van der Waals surface area contributed by atoms with Gasteiger partial charge in [0, 0.05) is 23.2 Å². The van der Waals surface area contributed by atoms with Crippen LogP contribution in [0.2, 0.25) is 0 Å². The van der Waals surface area contributed by atoms with E-state index >= 15 is 0 Å². The molecule has 0 radical (unpaired) electrons. The molecule has 0 atom stereocenters. The average Bonchev–Trinajstić information content (AvgIpc) is 2.64. The smallest absolute Gasteiger partial charge is 0.227 e. The summed E-state index contributed by atoms with van der Waals surface area (Å²) >= 11 is 0. The minimum absolute atomic E-state index is 0.0105. The van der Waals surface area contributed by atoms with Crippen molar-refractivity contribution in [2.24, 2.45) is 11.8 Å². The second-order valence-corrected chi connectivity index (χ2v) is 6.76. The first kappa shape index (κ1) is 17.2. The number of hydrogen-bond donors (Lipinski definition) is 2. The largest absolute Gasteiger partial charge is 0.326 e. The van der Waals surface area contributed by atoms with Crippen LogP contribution in [0, 0.1) is 18.8 Å². The van der Waals surface area contributed by atoms with Crippen LogP contribution in [0.3, 0.4) is 0 Å². The molecule has 4 nitrogen and oxygen atoms in total. The molecule has 2 aromatic carbocycles. The summed E-state index contributed by atoms with van der Waals surface area (Å²) in [5.41, 5.74) is 2.83. The highest BCUT2D eigenvalue weighted by Crippen LogP contribution is 2.30. The molecule has 1 aliphatic carbocycles. The monoisotopic (exact) mass is 336 g/mol. The van der Waals surface area contributed by atoms with Crippen LogP contribution in [0.4, 0.5) is 11.4 Å². The molecule has 0 aliphatic heterocycles. The van der Waals surface area contributed by atoms with Gasteiger partial charge in [-0.2, -0.15) is 0 Å². The number of rotatable bonds is 4. The zero-order valence-electron chi connectivity index (χ0n) is 14.5. The van der Waals surface area contributed by atoms with E-state index in [-0.39, 0.29) is 23.7 Å². The Bertz CT molecular complexity index is 717. The van der Waals surface area contributed by atoms with Crippen molar-refractivity contribution in [3.63, 3.8) is 0 Å². The fourth-order valence-electron chi connectivity index (χ4n) is 3.26. The summed E-state index contributed by atoms with van der Waals surface area (Å²) in [6.45, 7) is 2.02. The van der Waals surface area contributed by atoms with Gasteiger partial charge in [0.25, 0.3) is 0 Å². The van der Waals surface area contributed by atoms with Crippen LogP contribution in [0.5, 0.6) is 0 Å². The van der Waals surface area contributed by atoms with Crippen molar-refractivity contribution in [2.75, 3.05) is 10.6 Å². The van der Waals surface area contributed by atoms with Crippen LogP contribution in [-0.4, -0.2) is 11.8 Å². The number of carbonyl (C=O) groups is 2. The topological polar surface area (TPSA) is 58.2 Å². The fraction of sp³-hybridized carbons (Fsp3) is 0.333. The quantitative estimate of drug-likeness (QED) is 0.870. The second kappa shape index (κ2) is 7.97. The van der Waals surface area contributed by atoms with Crippen molar-refractivity contribution in [2.45, 2.75) is 32.6 Å². The van der Waals surface area contributed by atoms with Gasteiger partial charge >= 0.3 is 0 Å². The van der Waals surface area contributed by atoms with Crippen LogP contribution in [0.15, 0.2) is 54.6 Å². The maximum atomic E-state index is 12.4. The van der Waals surface area contributed by atoms with Gasteiger partial charge in [0.2, 0.25) is 11.8 Å². The molecule has 2 amide bonds. The van der Waals surface area contributed by atoms with Gasteiger partial charge < -0.3 is 10.6 Å². The summed E-state index contributed by atoms with van der Waals surface area (Å²) in [7, 11) is 0. The van der Waals surface area contributed by atoms with E-state index in [1.165, 1.54) is 5.56 Å². The average molecular weight is 336 g/mol. The highest BCUT2D eigenvalue weighted by atomic mass is 16.2.